The van der Waals surface area contributed by atoms with Gasteiger partial charge in [-0.3, -0.25) is 9.10 Å². The summed E-state index contributed by atoms with van der Waals surface area (Å²) >= 11 is 0. The number of rotatable bonds is 9. The van der Waals surface area contributed by atoms with Gasteiger partial charge in [0.2, 0.25) is 10.0 Å². The first-order valence-electron chi connectivity index (χ1n) is 10.6. The molecular weight excluding hydrogens is 486 g/mol. The zero-order chi connectivity index (χ0) is 26.1. The van der Waals surface area contributed by atoms with Crippen LogP contribution in [0.4, 0.5) is 10.5 Å². The molecule has 188 valence electrons. The van der Waals surface area contributed by atoms with Crippen LogP contribution in [-0.2, 0) is 21.3 Å². The third-order valence-corrected chi connectivity index (χ3v) is 6.05. The van der Waals surface area contributed by atoms with Crippen molar-refractivity contribution in [2.24, 2.45) is 5.10 Å². The highest BCUT2D eigenvalue weighted by Gasteiger charge is 2.18. The van der Waals surface area contributed by atoms with Gasteiger partial charge in [-0.15, -0.1) is 0 Å². The summed E-state index contributed by atoms with van der Waals surface area (Å²) in [6, 6.07) is 20.1. The van der Waals surface area contributed by atoms with Crippen molar-refractivity contribution in [1.82, 2.24) is 5.43 Å². The molecule has 36 heavy (non-hydrogen) atoms. The summed E-state index contributed by atoms with van der Waals surface area (Å²) in [7, 11) is -0.941. The van der Waals surface area contributed by atoms with Crippen LogP contribution in [-0.4, -0.2) is 47.2 Å². The van der Waals surface area contributed by atoms with Crippen molar-refractivity contribution < 1.29 is 32.2 Å². The average Bonchev–Trinajstić information content (AvgIpc) is 2.88. The maximum atomic E-state index is 12.5. The fourth-order valence-corrected chi connectivity index (χ4v) is 4.03. The Morgan fingerprint density at radius 1 is 0.972 bits per heavy atom. The van der Waals surface area contributed by atoms with Crippen molar-refractivity contribution in [2.75, 3.05) is 24.8 Å². The molecule has 0 atom stereocenters. The molecular formula is C25H25N3O7S. The van der Waals surface area contributed by atoms with E-state index in [9.17, 15) is 18.0 Å². The van der Waals surface area contributed by atoms with Crippen molar-refractivity contribution in [2.45, 2.75) is 6.54 Å². The lowest BCUT2D eigenvalue weighted by atomic mass is 10.2. The third kappa shape index (κ3) is 7.06. The number of carbonyl (C=O) groups is 2. The number of sulfonamides is 1. The number of methoxy groups -OCH3 is 2. The van der Waals surface area contributed by atoms with Crippen LogP contribution >= 0.6 is 0 Å². The molecule has 3 aromatic rings. The van der Waals surface area contributed by atoms with Crippen LogP contribution in [0.15, 0.2) is 77.9 Å². The number of anilines is 1. The lowest BCUT2D eigenvalue weighted by molar-refractivity contribution is 0.0955. The molecule has 10 nitrogen and oxygen atoms in total. The number of nitrogens with zero attached hydrogens (tertiary/aromatic N) is 2. The molecule has 0 unspecified atom stereocenters. The topological polar surface area (TPSA) is 124 Å². The Morgan fingerprint density at radius 2 is 1.67 bits per heavy atom. The van der Waals surface area contributed by atoms with E-state index in [4.69, 9.17) is 9.47 Å². The third-order valence-electron chi connectivity index (χ3n) is 4.91. The molecule has 0 aliphatic carbocycles. The summed E-state index contributed by atoms with van der Waals surface area (Å²) in [4.78, 5) is 23.8. The van der Waals surface area contributed by atoms with Crippen LogP contribution in [0.2, 0.25) is 0 Å². The summed E-state index contributed by atoms with van der Waals surface area (Å²) < 4.78 is 40.6. The van der Waals surface area contributed by atoms with Gasteiger partial charge in [0.1, 0.15) is 0 Å². The zero-order valence-electron chi connectivity index (χ0n) is 19.9. The van der Waals surface area contributed by atoms with E-state index in [1.54, 1.807) is 24.3 Å². The van der Waals surface area contributed by atoms with E-state index in [-0.39, 0.29) is 18.0 Å². The number of hydrazone groups is 1. The molecule has 0 heterocycles. The van der Waals surface area contributed by atoms with Crippen molar-refractivity contribution in [3.8, 4) is 11.5 Å². The van der Waals surface area contributed by atoms with Gasteiger partial charge >= 0.3 is 6.16 Å². The smallest absolute Gasteiger partial charge is 0.493 e. The number of hydrogen-bond donors (Lipinski definition) is 1. The van der Waals surface area contributed by atoms with E-state index < -0.39 is 22.1 Å². The first-order chi connectivity index (χ1) is 17.2. The molecule has 0 aromatic heterocycles. The average molecular weight is 512 g/mol. The number of ether oxygens (including phenoxy) is 3. The highest BCUT2D eigenvalue weighted by atomic mass is 32.2. The summed E-state index contributed by atoms with van der Waals surface area (Å²) in [6.07, 6.45) is 1.64. The standard InChI is InChI=1S/C25H25N3O7S/c1-33-23-15-19(9-14-22(23)35-25(30)34-2)16-26-27-24(29)20-10-12-21(13-11-20)28(36(3,31)32)17-18-7-5-4-6-8-18/h4-16H,17H2,1-3H3,(H,27,29)/b26-16+. The summed E-state index contributed by atoms with van der Waals surface area (Å²) in [5.41, 5.74) is 4.55. The molecule has 3 rings (SSSR count). The Hall–Kier alpha value is -4.38. The molecule has 0 aliphatic heterocycles. The molecule has 0 saturated heterocycles. The van der Waals surface area contributed by atoms with Crippen LogP contribution < -0.4 is 19.2 Å². The van der Waals surface area contributed by atoms with Crippen LogP contribution in [0.25, 0.3) is 0 Å². The normalized spacial score (nSPS) is 11.1. The van der Waals surface area contributed by atoms with Crippen molar-refractivity contribution >= 4 is 34.0 Å². The molecule has 1 amide bonds. The van der Waals surface area contributed by atoms with Gasteiger partial charge in [0.15, 0.2) is 11.5 Å². The SMILES string of the molecule is COC(=O)Oc1ccc(/C=N/NC(=O)c2ccc(N(Cc3ccccc3)S(C)(=O)=O)cc2)cc1OC. The maximum absolute atomic E-state index is 12.5. The monoisotopic (exact) mass is 511 g/mol. The Kier molecular flexibility index (Phi) is 8.63. The highest BCUT2D eigenvalue weighted by Crippen LogP contribution is 2.28. The van der Waals surface area contributed by atoms with Gasteiger partial charge in [-0.25, -0.2) is 18.6 Å². The zero-order valence-corrected chi connectivity index (χ0v) is 20.7. The number of hydrogen-bond acceptors (Lipinski definition) is 8. The van der Waals surface area contributed by atoms with Crippen molar-refractivity contribution in [3.05, 3.63) is 89.5 Å². The van der Waals surface area contributed by atoms with E-state index in [1.165, 1.54) is 42.9 Å². The summed E-state index contributed by atoms with van der Waals surface area (Å²) in [5.74, 6) is -0.0393. The van der Waals surface area contributed by atoms with Crippen LogP contribution in [0.1, 0.15) is 21.5 Å². The number of benzene rings is 3. The molecule has 3 aromatic carbocycles. The summed E-state index contributed by atoms with van der Waals surface area (Å²) in [5, 5.41) is 3.93. The van der Waals surface area contributed by atoms with Gasteiger partial charge < -0.3 is 14.2 Å². The van der Waals surface area contributed by atoms with Gasteiger partial charge in [-0.1, -0.05) is 30.3 Å². The Balaban J connectivity index is 1.67. The number of carbonyl (C=O) groups excluding carboxylic acids is 2. The highest BCUT2D eigenvalue weighted by molar-refractivity contribution is 7.92. The molecule has 11 heteroatoms. The predicted octanol–water partition coefficient (Wildman–Crippen LogP) is 3.57. The second-order valence-corrected chi connectivity index (χ2v) is 9.37. The van der Waals surface area contributed by atoms with Gasteiger partial charge in [0.05, 0.1) is 38.9 Å². The van der Waals surface area contributed by atoms with Crippen LogP contribution in [0.3, 0.4) is 0 Å². The van der Waals surface area contributed by atoms with Gasteiger partial charge in [0, 0.05) is 5.56 Å². The lowest BCUT2D eigenvalue weighted by Crippen LogP contribution is -2.29. The fraction of sp³-hybridized carbons (Fsp3) is 0.160. The minimum absolute atomic E-state index is 0.168. The Labute approximate surface area is 209 Å². The molecule has 0 saturated carbocycles. The minimum Gasteiger partial charge on any atom is -0.493 e. The molecule has 0 radical (unpaired) electrons. The van der Waals surface area contributed by atoms with Crippen LogP contribution in [0.5, 0.6) is 11.5 Å². The van der Waals surface area contributed by atoms with E-state index in [0.29, 0.717) is 16.8 Å². The quantitative estimate of drug-likeness (QED) is 0.202. The first-order valence-corrected chi connectivity index (χ1v) is 12.4. The van der Waals surface area contributed by atoms with E-state index in [0.717, 1.165) is 11.8 Å². The fourth-order valence-electron chi connectivity index (χ4n) is 3.14. The van der Waals surface area contributed by atoms with Gasteiger partial charge in [-0.2, -0.15) is 5.10 Å². The van der Waals surface area contributed by atoms with E-state index >= 15 is 0 Å². The maximum Gasteiger partial charge on any atom is 0.513 e. The Bertz CT molecular complexity index is 1340. The first kappa shape index (κ1) is 26.2. The lowest BCUT2D eigenvalue weighted by Gasteiger charge is -2.22. The van der Waals surface area contributed by atoms with E-state index in [1.807, 2.05) is 30.3 Å². The molecule has 1 N–H and O–H groups in total. The number of nitrogens with one attached hydrogen (secondary N) is 1. The Morgan fingerprint density at radius 3 is 2.28 bits per heavy atom. The molecule has 0 fully saturated rings. The van der Waals surface area contributed by atoms with Gasteiger partial charge in [0.25, 0.3) is 5.91 Å². The molecule has 0 bridgehead atoms. The van der Waals surface area contributed by atoms with Crippen molar-refractivity contribution in [3.63, 3.8) is 0 Å². The minimum atomic E-state index is -3.55. The summed E-state index contributed by atoms with van der Waals surface area (Å²) in [6.45, 7) is 0.169. The second kappa shape index (κ2) is 11.8. The van der Waals surface area contributed by atoms with Crippen molar-refractivity contribution in [1.29, 1.82) is 0 Å². The molecule has 0 spiro atoms. The van der Waals surface area contributed by atoms with Gasteiger partial charge in [-0.05, 0) is 53.6 Å². The second-order valence-electron chi connectivity index (χ2n) is 7.47. The molecule has 0 aliphatic rings. The largest absolute Gasteiger partial charge is 0.513 e. The van der Waals surface area contributed by atoms with E-state index in [2.05, 4.69) is 15.3 Å². The van der Waals surface area contributed by atoms with Crippen LogP contribution in [0, 0.1) is 0 Å². The number of amides is 1. The predicted molar refractivity (Wildman–Crippen MR) is 135 cm³/mol.